The first-order chi connectivity index (χ1) is 4.16. The number of allylic oxidation sites excluding steroid dienone is 1. The molecule has 52 valence electrons. The Hall–Kier alpha value is -0.990. The molecule has 0 rings (SSSR count). The van der Waals surface area contributed by atoms with Crippen LogP contribution in [0.5, 0.6) is 0 Å². The zero-order chi connectivity index (χ0) is 7.28. The lowest BCUT2D eigenvalue weighted by atomic mass is 10.3. The molecule has 0 aliphatic heterocycles. The predicted octanol–water partition coefficient (Wildman–Crippen LogP) is 0.584. The summed E-state index contributed by atoms with van der Waals surface area (Å²) in [5, 5.41) is 11.0. The van der Waals surface area contributed by atoms with Crippen LogP contribution in [0.15, 0.2) is 11.8 Å². The molecule has 0 amide bonds. The molecule has 0 aromatic rings. The van der Waals surface area contributed by atoms with Gasteiger partial charge in [-0.25, -0.2) is 0 Å². The summed E-state index contributed by atoms with van der Waals surface area (Å²) in [6.45, 7) is 1.82. The van der Waals surface area contributed by atoms with Crippen molar-refractivity contribution in [2.75, 3.05) is 7.05 Å². The van der Waals surface area contributed by atoms with Gasteiger partial charge in [0.25, 0.3) is 0 Å². The number of carboxylic acid groups (broad SMARTS) is 1. The van der Waals surface area contributed by atoms with Crippen molar-refractivity contribution in [3.05, 3.63) is 11.8 Å². The number of carboxylic acids is 1. The quantitative estimate of drug-likeness (QED) is 0.586. The van der Waals surface area contributed by atoms with Gasteiger partial charge in [0.1, 0.15) is 0 Å². The lowest BCUT2D eigenvalue weighted by Gasteiger charge is -1.94. The van der Waals surface area contributed by atoms with Crippen LogP contribution in [0, 0.1) is 0 Å². The molecule has 0 fully saturated rings. The summed E-state index contributed by atoms with van der Waals surface area (Å²) in [4.78, 5) is 9.95. The van der Waals surface area contributed by atoms with Crippen molar-refractivity contribution in [3.8, 4) is 0 Å². The molecular formula is C6H11NO2. The molecule has 0 aliphatic carbocycles. The van der Waals surface area contributed by atoms with Gasteiger partial charge in [-0.3, -0.25) is 4.79 Å². The summed E-state index contributed by atoms with van der Waals surface area (Å²) in [5.41, 5.74) is 0.886. The highest BCUT2D eigenvalue weighted by atomic mass is 16.4. The molecule has 0 aromatic heterocycles. The van der Waals surface area contributed by atoms with Gasteiger partial charge in [0.2, 0.25) is 0 Å². The van der Waals surface area contributed by atoms with Crippen LogP contribution in [0.2, 0.25) is 0 Å². The maximum atomic E-state index is 9.95. The van der Waals surface area contributed by atoms with E-state index in [-0.39, 0.29) is 6.42 Å². The van der Waals surface area contributed by atoms with Gasteiger partial charge in [0.05, 0.1) is 6.42 Å². The summed E-state index contributed by atoms with van der Waals surface area (Å²) in [5.74, 6) is -0.801. The highest BCUT2D eigenvalue weighted by Gasteiger charge is 1.90. The normalized spacial score (nSPS) is 11.1. The minimum atomic E-state index is -0.801. The first-order valence-electron chi connectivity index (χ1n) is 2.73. The number of nitrogens with one attached hydrogen (secondary N) is 1. The molecule has 0 bridgehead atoms. The van der Waals surface area contributed by atoms with Crippen LogP contribution in [0.3, 0.4) is 0 Å². The van der Waals surface area contributed by atoms with Crippen LogP contribution in [0.1, 0.15) is 13.3 Å². The van der Waals surface area contributed by atoms with Gasteiger partial charge in [-0.2, -0.15) is 0 Å². The first-order valence-corrected chi connectivity index (χ1v) is 2.73. The highest BCUT2D eigenvalue weighted by molar-refractivity contribution is 5.68. The lowest BCUT2D eigenvalue weighted by molar-refractivity contribution is -0.136. The van der Waals surface area contributed by atoms with Crippen LogP contribution < -0.4 is 5.32 Å². The van der Waals surface area contributed by atoms with Crippen LogP contribution in [-0.4, -0.2) is 18.1 Å². The number of carbonyl (C=O) groups is 1. The van der Waals surface area contributed by atoms with E-state index < -0.39 is 5.97 Å². The van der Waals surface area contributed by atoms with Gasteiger partial charge >= 0.3 is 5.97 Å². The maximum Gasteiger partial charge on any atom is 0.307 e. The van der Waals surface area contributed by atoms with Crippen LogP contribution in [0.25, 0.3) is 0 Å². The Morgan fingerprint density at radius 3 is 2.67 bits per heavy atom. The van der Waals surface area contributed by atoms with E-state index in [2.05, 4.69) is 5.32 Å². The summed E-state index contributed by atoms with van der Waals surface area (Å²) in [6, 6.07) is 0. The van der Waals surface area contributed by atoms with E-state index in [0.29, 0.717) is 0 Å². The highest BCUT2D eigenvalue weighted by Crippen LogP contribution is 1.88. The zero-order valence-electron chi connectivity index (χ0n) is 5.64. The molecule has 0 saturated carbocycles. The fourth-order valence-electron chi connectivity index (χ4n) is 0.342. The Morgan fingerprint density at radius 1 is 1.78 bits per heavy atom. The maximum absolute atomic E-state index is 9.95. The zero-order valence-corrected chi connectivity index (χ0v) is 5.64. The van der Waals surface area contributed by atoms with Gasteiger partial charge in [-0.1, -0.05) is 6.08 Å². The van der Waals surface area contributed by atoms with Gasteiger partial charge in [0.15, 0.2) is 0 Å². The molecule has 3 heteroatoms. The van der Waals surface area contributed by atoms with Gasteiger partial charge < -0.3 is 10.4 Å². The first kappa shape index (κ1) is 8.01. The second-order valence-corrected chi connectivity index (χ2v) is 1.73. The third-order valence-electron chi connectivity index (χ3n) is 0.977. The Labute approximate surface area is 54.4 Å². The van der Waals surface area contributed by atoms with Crippen molar-refractivity contribution >= 4 is 5.97 Å². The molecule has 0 aliphatic rings. The van der Waals surface area contributed by atoms with Crippen LogP contribution >= 0.6 is 0 Å². The summed E-state index contributed by atoms with van der Waals surface area (Å²) in [7, 11) is 1.76. The average Bonchev–Trinajstić information content (AvgIpc) is 1.83. The fourth-order valence-corrected chi connectivity index (χ4v) is 0.342. The molecule has 0 spiro atoms. The van der Waals surface area contributed by atoms with E-state index in [1.54, 1.807) is 13.1 Å². The predicted molar refractivity (Wildman–Crippen MR) is 35.1 cm³/mol. The van der Waals surface area contributed by atoms with Crippen molar-refractivity contribution in [1.82, 2.24) is 5.32 Å². The Morgan fingerprint density at radius 2 is 2.33 bits per heavy atom. The SMILES string of the molecule is CNC(C)=CCC(=O)O. The number of hydrogen-bond acceptors (Lipinski definition) is 2. The van der Waals surface area contributed by atoms with Crippen LogP contribution in [0.4, 0.5) is 0 Å². The minimum absolute atomic E-state index is 0.0900. The summed E-state index contributed by atoms with van der Waals surface area (Å²) >= 11 is 0. The van der Waals surface area contributed by atoms with Crippen molar-refractivity contribution < 1.29 is 9.90 Å². The number of rotatable bonds is 3. The standard InChI is InChI=1S/C6H11NO2/c1-5(7-2)3-4-6(8)9/h3,7H,4H2,1-2H3,(H,8,9). The fraction of sp³-hybridized carbons (Fsp3) is 0.500. The van der Waals surface area contributed by atoms with E-state index in [9.17, 15) is 4.79 Å². The Kier molecular flexibility index (Phi) is 3.51. The van der Waals surface area contributed by atoms with E-state index in [1.165, 1.54) is 0 Å². The largest absolute Gasteiger partial charge is 0.481 e. The van der Waals surface area contributed by atoms with Crippen molar-refractivity contribution in [2.45, 2.75) is 13.3 Å². The molecule has 9 heavy (non-hydrogen) atoms. The van der Waals surface area contributed by atoms with Gasteiger partial charge in [0, 0.05) is 12.7 Å². The number of aliphatic carboxylic acids is 1. The smallest absolute Gasteiger partial charge is 0.307 e. The third-order valence-corrected chi connectivity index (χ3v) is 0.977. The van der Waals surface area contributed by atoms with Crippen molar-refractivity contribution in [3.63, 3.8) is 0 Å². The van der Waals surface area contributed by atoms with Crippen molar-refractivity contribution in [2.24, 2.45) is 0 Å². The van der Waals surface area contributed by atoms with Crippen molar-refractivity contribution in [1.29, 1.82) is 0 Å². The third kappa shape index (κ3) is 4.87. The molecule has 2 N–H and O–H groups in total. The molecule has 3 nitrogen and oxygen atoms in total. The van der Waals surface area contributed by atoms with E-state index in [4.69, 9.17) is 5.11 Å². The average molecular weight is 129 g/mol. The molecular weight excluding hydrogens is 118 g/mol. The molecule has 0 aromatic carbocycles. The molecule has 0 saturated heterocycles. The molecule has 0 radical (unpaired) electrons. The van der Waals surface area contributed by atoms with Gasteiger partial charge in [-0.05, 0) is 6.92 Å². The van der Waals surface area contributed by atoms with E-state index in [1.807, 2.05) is 6.92 Å². The second-order valence-electron chi connectivity index (χ2n) is 1.73. The molecule has 0 unspecified atom stereocenters. The molecule has 0 heterocycles. The minimum Gasteiger partial charge on any atom is -0.481 e. The van der Waals surface area contributed by atoms with E-state index in [0.717, 1.165) is 5.70 Å². The Balaban J connectivity index is 3.56. The summed E-state index contributed by atoms with van der Waals surface area (Å²) < 4.78 is 0. The van der Waals surface area contributed by atoms with E-state index >= 15 is 0 Å². The second kappa shape index (κ2) is 3.95. The Bertz CT molecular complexity index is 129. The lowest BCUT2D eigenvalue weighted by Crippen LogP contribution is -2.02. The van der Waals surface area contributed by atoms with Gasteiger partial charge in [-0.15, -0.1) is 0 Å². The number of hydrogen-bond donors (Lipinski definition) is 2. The molecule has 0 atom stereocenters. The summed E-state index contributed by atoms with van der Waals surface area (Å²) in [6.07, 6.45) is 1.72. The van der Waals surface area contributed by atoms with Crippen LogP contribution in [-0.2, 0) is 4.79 Å². The topological polar surface area (TPSA) is 49.3 Å². The monoisotopic (exact) mass is 129 g/mol.